The fraction of sp³-hybridized carbons (Fsp3) is 0.526. The number of hydrogen-bond donors (Lipinski definition) is 0. The first-order valence-electron chi connectivity index (χ1n) is 9.23. The lowest BCUT2D eigenvalue weighted by Crippen LogP contribution is -2.27. The number of methoxy groups -OCH3 is 1. The lowest BCUT2D eigenvalue weighted by Gasteiger charge is -2.14. The van der Waals surface area contributed by atoms with Gasteiger partial charge in [-0.1, -0.05) is 5.16 Å². The van der Waals surface area contributed by atoms with Gasteiger partial charge in [-0.15, -0.1) is 0 Å². The van der Waals surface area contributed by atoms with E-state index in [0.717, 1.165) is 36.0 Å². The Hall–Kier alpha value is -2.09. The minimum atomic E-state index is 0.215. The molecule has 0 saturated carbocycles. The van der Waals surface area contributed by atoms with Gasteiger partial charge in [0.05, 0.1) is 18.2 Å². The van der Waals surface area contributed by atoms with Crippen LogP contribution in [0, 0.1) is 0 Å². The zero-order valence-corrected chi connectivity index (χ0v) is 17.3. The van der Waals surface area contributed by atoms with Crippen molar-refractivity contribution in [2.24, 2.45) is 0 Å². The molecule has 1 aromatic heterocycles. The maximum Gasteiger partial charge on any atom is 0.226 e. The molecule has 0 spiro atoms. The highest BCUT2D eigenvalue weighted by molar-refractivity contribution is 9.10. The summed E-state index contributed by atoms with van der Waals surface area (Å²) in [7, 11) is 1.60. The number of aromatic nitrogens is 2. The number of rotatable bonds is 8. The summed E-state index contributed by atoms with van der Waals surface area (Å²) in [5.74, 6) is 2.48. The maximum absolute atomic E-state index is 12.1. The van der Waals surface area contributed by atoms with Crippen LogP contribution in [0.4, 0.5) is 0 Å². The number of benzene rings is 1. The van der Waals surface area contributed by atoms with Crippen LogP contribution in [0.1, 0.15) is 38.5 Å². The van der Waals surface area contributed by atoms with E-state index in [1.807, 2.05) is 24.0 Å². The molecule has 1 aliphatic heterocycles. The second kappa shape index (κ2) is 9.21. The lowest BCUT2D eigenvalue weighted by atomic mass is 10.2. The molecule has 0 unspecified atom stereocenters. The van der Waals surface area contributed by atoms with Gasteiger partial charge in [-0.05, 0) is 54.2 Å². The molecule has 0 bridgehead atoms. The summed E-state index contributed by atoms with van der Waals surface area (Å²) < 4.78 is 17.1. The second-order valence-electron chi connectivity index (χ2n) is 6.38. The molecule has 1 saturated heterocycles. The monoisotopic (exact) mass is 437 g/mol. The molecule has 27 heavy (non-hydrogen) atoms. The highest BCUT2D eigenvalue weighted by atomic mass is 79.9. The summed E-state index contributed by atoms with van der Waals surface area (Å²) in [6, 6.07) is 3.70. The first-order valence-corrected chi connectivity index (χ1v) is 10.0. The van der Waals surface area contributed by atoms with Crippen LogP contribution in [-0.4, -0.2) is 47.8 Å². The first kappa shape index (κ1) is 19.7. The Morgan fingerprint density at radius 2 is 2.11 bits per heavy atom. The van der Waals surface area contributed by atoms with E-state index in [-0.39, 0.29) is 5.91 Å². The molecule has 2 aromatic rings. The molecule has 0 aliphatic carbocycles. The number of carbonyl (C=O) groups excluding carboxylic acids is 1. The summed E-state index contributed by atoms with van der Waals surface area (Å²) in [6.07, 6.45) is 4.02. The molecule has 3 rings (SSSR count). The number of likely N-dealkylation sites (tertiary alicyclic amines) is 1. The van der Waals surface area contributed by atoms with Gasteiger partial charge in [0.2, 0.25) is 17.6 Å². The summed E-state index contributed by atoms with van der Waals surface area (Å²) in [5, 5.41) is 4.06. The Kier molecular flexibility index (Phi) is 6.71. The molecular formula is C19H24BrN3O4. The zero-order chi connectivity index (χ0) is 19.2. The third kappa shape index (κ3) is 4.80. The number of amides is 1. The van der Waals surface area contributed by atoms with Gasteiger partial charge < -0.3 is 18.9 Å². The minimum Gasteiger partial charge on any atom is -0.492 e. The van der Waals surface area contributed by atoms with Crippen molar-refractivity contribution in [3.63, 3.8) is 0 Å². The first-order chi connectivity index (χ1) is 13.1. The van der Waals surface area contributed by atoms with Crippen LogP contribution in [0.25, 0.3) is 11.4 Å². The van der Waals surface area contributed by atoms with Gasteiger partial charge in [-0.2, -0.15) is 4.98 Å². The highest BCUT2D eigenvalue weighted by Crippen LogP contribution is 2.39. The predicted molar refractivity (Wildman–Crippen MR) is 104 cm³/mol. The predicted octanol–water partition coefficient (Wildman–Crippen LogP) is 3.85. The van der Waals surface area contributed by atoms with Crippen LogP contribution in [0.15, 0.2) is 21.1 Å². The SMILES string of the molecule is CCOc1cc(-c2noc(CCCC(=O)N3CCCC3)n2)cc(Br)c1OC. The lowest BCUT2D eigenvalue weighted by molar-refractivity contribution is -0.130. The van der Waals surface area contributed by atoms with E-state index in [2.05, 4.69) is 26.1 Å². The number of aryl methyl sites for hydroxylation is 1. The number of hydrogen-bond acceptors (Lipinski definition) is 6. The quantitative estimate of drug-likeness (QED) is 0.623. The summed E-state index contributed by atoms with van der Waals surface area (Å²) in [5.41, 5.74) is 0.772. The van der Waals surface area contributed by atoms with Gasteiger partial charge in [0.15, 0.2) is 11.5 Å². The van der Waals surface area contributed by atoms with E-state index in [9.17, 15) is 4.79 Å². The normalized spacial score (nSPS) is 13.8. The number of ether oxygens (including phenoxy) is 2. The van der Waals surface area contributed by atoms with E-state index >= 15 is 0 Å². The molecule has 1 fully saturated rings. The smallest absolute Gasteiger partial charge is 0.226 e. The second-order valence-corrected chi connectivity index (χ2v) is 7.23. The summed E-state index contributed by atoms with van der Waals surface area (Å²) >= 11 is 3.49. The minimum absolute atomic E-state index is 0.215. The van der Waals surface area contributed by atoms with Crippen LogP contribution < -0.4 is 9.47 Å². The Morgan fingerprint density at radius 1 is 1.33 bits per heavy atom. The van der Waals surface area contributed by atoms with Crippen molar-refractivity contribution in [1.29, 1.82) is 0 Å². The molecular weight excluding hydrogens is 414 g/mol. The largest absolute Gasteiger partial charge is 0.492 e. The van der Waals surface area contributed by atoms with Crippen molar-refractivity contribution >= 4 is 21.8 Å². The Morgan fingerprint density at radius 3 is 2.81 bits per heavy atom. The van der Waals surface area contributed by atoms with Gasteiger partial charge in [-0.25, -0.2) is 0 Å². The van der Waals surface area contributed by atoms with Crippen LogP contribution in [-0.2, 0) is 11.2 Å². The van der Waals surface area contributed by atoms with Gasteiger partial charge in [0.1, 0.15) is 0 Å². The fourth-order valence-electron chi connectivity index (χ4n) is 3.15. The molecule has 146 valence electrons. The molecule has 1 amide bonds. The van der Waals surface area contributed by atoms with Crippen molar-refractivity contribution in [2.45, 2.75) is 39.0 Å². The molecule has 7 nitrogen and oxygen atoms in total. The number of nitrogens with zero attached hydrogens (tertiary/aromatic N) is 3. The van der Waals surface area contributed by atoms with E-state index in [1.54, 1.807) is 7.11 Å². The molecule has 0 atom stereocenters. The molecule has 8 heteroatoms. The standard InChI is InChI=1S/C19H24BrN3O4/c1-3-26-15-12-13(11-14(20)18(15)25-2)19-21-16(27-22-19)7-6-8-17(24)23-9-4-5-10-23/h11-12H,3-10H2,1-2H3. The molecule has 1 aliphatic rings. The topological polar surface area (TPSA) is 77.7 Å². The zero-order valence-electron chi connectivity index (χ0n) is 15.7. The van der Waals surface area contributed by atoms with E-state index < -0.39 is 0 Å². The van der Waals surface area contributed by atoms with Crippen molar-refractivity contribution in [3.8, 4) is 22.9 Å². The maximum atomic E-state index is 12.1. The van der Waals surface area contributed by atoms with Crippen molar-refractivity contribution in [2.75, 3.05) is 26.8 Å². The fourth-order valence-corrected chi connectivity index (χ4v) is 3.75. The average Bonchev–Trinajstić information content (AvgIpc) is 3.34. The van der Waals surface area contributed by atoms with Gasteiger partial charge in [-0.3, -0.25) is 4.79 Å². The third-order valence-electron chi connectivity index (χ3n) is 4.48. The van der Waals surface area contributed by atoms with Crippen LogP contribution in [0.2, 0.25) is 0 Å². The molecule has 0 radical (unpaired) electrons. The highest BCUT2D eigenvalue weighted by Gasteiger charge is 2.19. The molecule has 0 N–H and O–H groups in total. The Bertz CT molecular complexity index is 787. The average molecular weight is 438 g/mol. The summed E-state index contributed by atoms with van der Waals surface area (Å²) in [6.45, 7) is 4.21. The number of carbonyl (C=O) groups is 1. The summed E-state index contributed by atoms with van der Waals surface area (Å²) in [4.78, 5) is 18.5. The van der Waals surface area contributed by atoms with Crippen molar-refractivity contribution in [1.82, 2.24) is 15.0 Å². The van der Waals surface area contributed by atoms with E-state index in [0.29, 0.717) is 49.1 Å². The Balaban J connectivity index is 1.64. The van der Waals surface area contributed by atoms with E-state index in [1.165, 1.54) is 0 Å². The van der Waals surface area contributed by atoms with Crippen LogP contribution >= 0.6 is 15.9 Å². The Labute approximate surface area is 167 Å². The van der Waals surface area contributed by atoms with Gasteiger partial charge >= 0.3 is 0 Å². The third-order valence-corrected chi connectivity index (χ3v) is 5.07. The van der Waals surface area contributed by atoms with Crippen molar-refractivity contribution in [3.05, 3.63) is 22.5 Å². The van der Waals surface area contributed by atoms with Crippen molar-refractivity contribution < 1.29 is 18.8 Å². The molecule has 2 heterocycles. The number of halogens is 1. The van der Waals surface area contributed by atoms with Crippen LogP contribution in [0.3, 0.4) is 0 Å². The van der Waals surface area contributed by atoms with Gasteiger partial charge in [0.25, 0.3) is 0 Å². The van der Waals surface area contributed by atoms with Gasteiger partial charge in [0, 0.05) is 31.5 Å². The van der Waals surface area contributed by atoms with E-state index in [4.69, 9.17) is 14.0 Å². The van der Waals surface area contributed by atoms with Crippen LogP contribution in [0.5, 0.6) is 11.5 Å². The molecule has 1 aromatic carbocycles.